The Kier molecular flexibility index (Phi) is 4.90. The minimum atomic E-state index is -3.86. The summed E-state index contributed by atoms with van der Waals surface area (Å²) in [6.45, 7) is 5.84. The fourth-order valence-corrected chi connectivity index (χ4v) is 2.53. The highest BCUT2D eigenvalue weighted by molar-refractivity contribution is 7.89. The molecule has 1 rings (SSSR count). The van der Waals surface area contributed by atoms with Gasteiger partial charge in [0.2, 0.25) is 15.9 Å². The molecule has 5 N–H and O–H groups in total. The van der Waals surface area contributed by atoms with E-state index in [2.05, 4.69) is 20.2 Å². The van der Waals surface area contributed by atoms with Crippen LogP contribution in [0.4, 0.5) is 5.82 Å². The predicted molar refractivity (Wildman–Crippen MR) is 70.6 cm³/mol. The molecule has 9 heteroatoms. The Morgan fingerprint density at radius 3 is 2.58 bits per heavy atom. The molecule has 8 nitrogen and oxygen atoms in total. The second-order valence-corrected chi connectivity index (χ2v) is 6.31. The van der Waals surface area contributed by atoms with Crippen LogP contribution in [0.1, 0.15) is 20.8 Å². The molecule has 0 saturated heterocycles. The molecule has 0 bridgehead atoms. The average molecular weight is 289 g/mol. The van der Waals surface area contributed by atoms with Crippen molar-refractivity contribution in [1.29, 1.82) is 0 Å². The lowest BCUT2D eigenvalue weighted by molar-refractivity contribution is -0.122. The third-order valence-corrected chi connectivity index (χ3v) is 3.90. The third kappa shape index (κ3) is 4.21. The van der Waals surface area contributed by atoms with Crippen LogP contribution in [0.2, 0.25) is 0 Å². The summed E-state index contributed by atoms with van der Waals surface area (Å²) in [5.74, 6) is -0.168. The first-order valence-corrected chi connectivity index (χ1v) is 7.31. The number of anilines is 1. The molecule has 1 heterocycles. The van der Waals surface area contributed by atoms with E-state index in [4.69, 9.17) is 5.73 Å². The number of sulfonamides is 1. The van der Waals surface area contributed by atoms with Crippen molar-refractivity contribution in [2.45, 2.75) is 31.7 Å². The Bertz CT molecular complexity index is 537. The van der Waals surface area contributed by atoms with E-state index in [0.717, 1.165) is 6.20 Å². The van der Waals surface area contributed by atoms with Crippen molar-refractivity contribution < 1.29 is 13.2 Å². The number of hydrogen-bond donors (Lipinski definition) is 4. The largest absolute Gasteiger partial charge is 0.383 e. The van der Waals surface area contributed by atoms with Gasteiger partial charge in [0.05, 0.1) is 12.2 Å². The molecule has 1 unspecified atom stereocenters. The zero-order valence-corrected chi connectivity index (χ0v) is 11.9. The number of nitrogens with one attached hydrogen (secondary N) is 3. The van der Waals surface area contributed by atoms with E-state index in [1.165, 1.54) is 6.92 Å². The van der Waals surface area contributed by atoms with Crippen molar-refractivity contribution >= 4 is 21.7 Å². The molecule has 0 aliphatic heterocycles. The van der Waals surface area contributed by atoms with Crippen molar-refractivity contribution in [3.8, 4) is 0 Å². The Labute approximate surface area is 112 Å². The first-order chi connectivity index (χ1) is 8.74. The fraction of sp³-hybridized carbons (Fsp3) is 0.600. The van der Waals surface area contributed by atoms with Crippen LogP contribution in [0, 0.1) is 5.92 Å². The fourth-order valence-electron chi connectivity index (χ4n) is 1.31. The molecule has 1 atom stereocenters. The van der Waals surface area contributed by atoms with Gasteiger partial charge >= 0.3 is 0 Å². The predicted octanol–water partition coefficient (Wildman–Crippen LogP) is -0.569. The van der Waals surface area contributed by atoms with Gasteiger partial charge in [-0.2, -0.15) is 9.82 Å². The van der Waals surface area contributed by atoms with Gasteiger partial charge < -0.3 is 11.1 Å². The van der Waals surface area contributed by atoms with E-state index in [1.54, 1.807) is 0 Å². The number of nitrogen functional groups attached to an aromatic ring is 1. The van der Waals surface area contributed by atoms with Crippen LogP contribution in [0.15, 0.2) is 11.1 Å². The van der Waals surface area contributed by atoms with Crippen LogP contribution in [0.5, 0.6) is 0 Å². The summed E-state index contributed by atoms with van der Waals surface area (Å²) in [5.41, 5.74) is 5.44. The number of hydrogen-bond acceptors (Lipinski definition) is 5. The molecule has 0 aliphatic rings. The molecule has 0 aromatic carbocycles. The minimum absolute atomic E-state index is 0.0673. The van der Waals surface area contributed by atoms with Crippen LogP contribution in [-0.2, 0) is 14.8 Å². The number of carbonyl (C=O) groups excluding carboxylic acids is 1. The van der Waals surface area contributed by atoms with Crippen molar-refractivity contribution in [3.05, 3.63) is 6.20 Å². The topological polar surface area (TPSA) is 130 Å². The van der Waals surface area contributed by atoms with Gasteiger partial charge in [-0.1, -0.05) is 13.8 Å². The Balaban J connectivity index is 2.69. The molecule has 108 valence electrons. The van der Waals surface area contributed by atoms with Crippen LogP contribution >= 0.6 is 0 Å². The number of nitrogens with two attached hydrogens (primary N) is 1. The lowest BCUT2D eigenvalue weighted by atomic mass is 10.2. The first-order valence-electron chi connectivity index (χ1n) is 5.83. The summed E-state index contributed by atoms with van der Waals surface area (Å²) in [7, 11) is -3.86. The van der Waals surface area contributed by atoms with Crippen molar-refractivity contribution in [2.24, 2.45) is 5.92 Å². The molecule has 19 heavy (non-hydrogen) atoms. The third-order valence-electron chi connectivity index (χ3n) is 2.33. The molecule has 0 spiro atoms. The van der Waals surface area contributed by atoms with Gasteiger partial charge in [-0.15, -0.1) is 0 Å². The van der Waals surface area contributed by atoms with E-state index < -0.39 is 16.1 Å². The monoisotopic (exact) mass is 289 g/mol. The first kappa shape index (κ1) is 15.4. The minimum Gasteiger partial charge on any atom is -0.383 e. The molecule has 1 aromatic heterocycles. The number of amides is 1. The van der Waals surface area contributed by atoms with Crippen molar-refractivity contribution in [3.63, 3.8) is 0 Å². The summed E-state index contributed by atoms with van der Waals surface area (Å²) in [6.07, 6.45) is 1.09. The quantitative estimate of drug-likeness (QED) is 0.557. The van der Waals surface area contributed by atoms with Crippen molar-refractivity contribution in [1.82, 2.24) is 20.2 Å². The summed E-state index contributed by atoms with van der Waals surface area (Å²) >= 11 is 0. The lowest BCUT2D eigenvalue weighted by Crippen LogP contribution is -2.45. The summed E-state index contributed by atoms with van der Waals surface area (Å²) in [6, 6.07) is -0.891. The van der Waals surface area contributed by atoms with Gasteiger partial charge in [0.25, 0.3) is 0 Å². The number of rotatable bonds is 6. The Morgan fingerprint density at radius 1 is 1.47 bits per heavy atom. The van der Waals surface area contributed by atoms with Gasteiger partial charge in [-0.05, 0) is 12.8 Å². The molecule has 0 aliphatic carbocycles. The maximum atomic E-state index is 11.9. The number of aromatic amines is 1. The standard InChI is InChI=1S/C10H19N5O3S/c1-6(2)4-12-10(16)7(3)15-19(17,18)8-5-13-14-9(8)11/h5-7,15H,4H2,1-3H3,(H,12,16)(H3,11,13,14). The molecule has 0 radical (unpaired) electrons. The van der Waals surface area contributed by atoms with Gasteiger partial charge in [0.1, 0.15) is 10.7 Å². The Hall–Kier alpha value is -1.61. The normalized spacial score (nSPS) is 13.5. The highest BCUT2D eigenvalue weighted by Gasteiger charge is 2.24. The maximum absolute atomic E-state index is 11.9. The molecule has 1 amide bonds. The van der Waals surface area contributed by atoms with Gasteiger partial charge in [0.15, 0.2) is 0 Å². The molecule has 0 fully saturated rings. The van der Waals surface area contributed by atoms with Crippen LogP contribution in [0.25, 0.3) is 0 Å². The van der Waals surface area contributed by atoms with E-state index >= 15 is 0 Å². The smallest absolute Gasteiger partial charge is 0.246 e. The highest BCUT2D eigenvalue weighted by Crippen LogP contribution is 2.13. The molecular weight excluding hydrogens is 270 g/mol. The van der Waals surface area contributed by atoms with Crippen LogP contribution in [-0.4, -0.2) is 37.1 Å². The van der Waals surface area contributed by atoms with E-state index in [9.17, 15) is 13.2 Å². The molecular formula is C10H19N5O3S. The highest BCUT2D eigenvalue weighted by atomic mass is 32.2. The number of nitrogens with zero attached hydrogens (tertiary/aromatic N) is 1. The second-order valence-electron chi connectivity index (χ2n) is 4.63. The number of carbonyl (C=O) groups is 1. The lowest BCUT2D eigenvalue weighted by Gasteiger charge is -2.15. The van der Waals surface area contributed by atoms with E-state index in [1.807, 2.05) is 13.8 Å². The van der Waals surface area contributed by atoms with E-state index in [0.29, 0.717) is 6.54 Å². The van der Waals surface area contributed by atoms with Gasteiger partial charge in [0, 0.05) is 6.54 Å². The maximum Gasteiger partial charge on any atom is 0.246 e. The SMILES string of the molecule is CC(C)CNC(=O)C(C)NS(=O)(=O)c1cn[nH]c1N. The average Bonchev–Trinajstić information content (AvgIpc) is 2.72. The summed E-state index contributed by atoms with van der Waals surface area (Å²) in [5, 5.41) is 8.50. The summed E-state index contributed by atoms with van der Waals surface area (Å²) < 4.78 is 26.1. The van der Waals surface area contributed by atoms with Crippen LogP contribution < -0.4 is 15.8 Å². The Morgan fingerprint density at radius 2 is 2.11 bits per heavy atom. The summed E-state index contributed by atoms with van der Waals surface area (Å²) in [4.78, 5) is 11.5. The zero-order chi connectivity index (χ0) is 14.6. The number of H-pyrrole nitrogens is 1. The van der Waals surface area contributed by atoms with E-state index in [-0.39, 0.29) is 22.5 Å². The zero-order valence-electron chi connectivity index (χ0n) is 11.1. The molecule has 0 saturated carbocycles. The molecule has 1 aromatic rings. The van der Waals surface area contributed by atoms with Gasteiger partial charge in [-0.3, -0.25) is 9.89 Å². The van der Waals surface area contributed by atoms with Crippen LogP contribution in [0.3, 0.4) is 0 Å². The van der Waals surface area contributed by atoms with Crippen molar-refractivity contribution in [2.75, 3.05) is 12.3 Å². The second kappa shape index (κ2) is 6.02. The van der Waals surface area contributed by atoms with Gasteiger partial charge in [-0.25, -0.2) is 8.42 Å². The number of aromatic nitrogens is 2.